The van der Waals surface area contributed by atoms with Crippen LogP contribution in [-0.4, -0.2) is 37.6 Å². The number of nitrogens with one attached hydrogen (secondary N) is 1. The van der Waals surface area contributed by atoms with Crippen molar-refractivity contribution in [2.75, 3.05) is 32.7 Å². The fourth-order valence-electron chi connectivity index (χ4n) is 2.41. The van der Waals surface area contributed by atoms with E-state index < -0.39 is 0 Å². The van der Waals surface area contributed by atoms with Crippen molar-refractivity contribution in [3.63, 3.8) is 0 Å². The molecule has 0 aromatic rings. The maximum atomic E-state index is 3.47. The van der Waals surface area contributed by atoms with Crippen LogP contribution in [0.3, 0.4) is 0 Å². The lowest BCUT2D eigenvalue weighted by Gasteiger charge is -2.21. The van der Waals surface area contributed by atoms with Crippen LogP contribution in [0.1, 0.15) is 19.8 Å². The van der Waals surface area contributed by atoms with Crippen LogP contribution in [0.5, 0.6) is 0 Å². The summed E-state index contributed by atoms with van der Waals surface area (Å²) < 4.78 is 0. The van der Waals surface area contributed by atoms with Crippen LogP contribution in [0.25, 0.3) is 0 Å². The number of nitrogens with zero attached hydrogens (tertiary/aromatic N) is 1. The lowest BCUT2D eigenvalue weighted by atomic mass is 9.98. The average molecular weight is 168 g/mol. The molecule has 2 heterocycles. The van der Waals surface area contributed by atoms with Crippen LogP contribution in [0.4, 0.5) is 0 Å². The standard InChI is InChI=1S/C10H20N2/c1-9-6-11-7-10(9)8-12-4-2-3-5-12/h9-11H,2-8H2,1H3/t9-,10+/m1/s1. The highest BCUT2D eigenvalue weighted by atomic mass is 15.1. The van der Waals surface area contributed by atoms with Crippen molar-refractivity contribution in [3.8, 4) is 0 Å². The van der Waals surface area contributed by atoms with Gasteiger partial charge in [-0.2, -0.15) is 0 Å². The molecule has 0 amide bonds. The van der Waals surface area contributed by atoms with Crippen LogP contribution in [0.15, 0.2) is 0 Å². The molecule has 1 N–H and O–H groups in total. The summed E-state index contributed by atoms with van der Waals surface area (Å²) in [6, 6.07) is 0. The van der Waals surface area contributed by atoms with Crippen molar-refractivity contribution >= 4 is 0 Å². The van der Waals surface area contributed by atoms with E-state index in [1.165, 1.54) is 45.6 Å². The minimum atomic E-state index is 0.894. The van der Waals surface area contributed by atoms with E-state index in [0.717, 1.165) is 11.8 Å². The first kappa shape index (κ1) is 8.52. The van der Waals surface area contributed by atoms with Gasteiger partial charge >= 0.3 is 0 Å². The van der Waals surface area contributed by atoms with Gasteiger partial charge in [0.05, 0.1) is 0 Å². The topological polar surface area (TPSA) is 15.3 Å². The van der Waals surface area contributed by atoms with Crippen LogP contribution >= 0.6 is 0 Å². The molecule has 2 nitrogen and oxygen atoms in total. The highest BCUT2D eigenvalue weighted by Crippen LogP contribution is 2.19. The third-order valence-electron chi connectivity index (χ3n) is 3.37. The molecule has 0 radical (unpaired) electrons. The molecule has 70 valence electrons. The zero-order valence-electron chi connectivity index (χ0n) is 8.05. The van der Waals surface area contributed by atoms with E-state index in [1.54, 1.807) is 0 Å². The summed E-state index contributed by atoms with van der Waals surface area (Å²) >= 11 is 0. The van der Waals surface area contributed by atoms with Gasteiger partial charge in [0, 0.05) is 6.54 Å². The van der Waals surface area contributed by atoms with Gasteiger partial charge in [0.1, 0.15) is 0 Å². The van der Waals surface area contributed by atoms with E-state index in [9.17, 15) is 0 Å². The van der Waals surface area contributed by atoms with Crippen LogP contribution < -0.4 is 5.32 Å². The smallest absolute Gasteiger partial charge is 0.00248 e. The number of rotatable bonds is 2. The summed E-state index contributed by atoms with van der Waals surface area (Å²) in [4.78, 5) is 2.63. The van der Waals surface area contributed by atoms with Gasteiger partial charge in [-0.3, -0.25) is 0 Å². The summed E-state index contributed by atoms with van der Waals surface area (Å²) in [6.07, 6.45) is 2.85. The largest absolute Gasteiger partial charge is 0.316 e. The van der Waals surface area contributed by atoms with Gasteiger partial charge in [0.2, 0.25) is 0 Å². The maximum Gasteiger partial charge on any atom is 0.00248 e. The predicted molar refractivity (Wildman–Crippen MR) is 51.2 cm³/mol. The summed E-state index contributed by atoms with van der Waals surface area (Å²) in [7, 11) is 0. The van der Waals surface area contributed by atoms with Gasteiger partial charge in [-0.1, -0.05) is 6.92 Å². The van der Waals surface area contributed by atoms with Gasteiger partial charge in [0.25, 0.3) is 0 Å². The molecular formula is C10H20N2. The lowest BCUT2D eigenvalue weighted by molar-refractivity contribution is 0.260. The molecule has 0 aliphatic carbocycles. The van der Waals surface area contributed by atoms with E-state index in [0.29, 0.717) is 0 Å². The Hall–Kier alpha value is -0.0800. The minimum Gasteiger partial charge on any atom is -0.316 e. The molecule has 0 saturated carbocycles. The molecule has 2 fully saturated rings. The molecule has 2 rings (SSSR count). The zero-order valence-corrected chi connectivity index (χ0v) is 8.05. The van der Waals surface area contributed by atoms with Crippen molar-refractivity contribution in [1.82, 2.24) is 10.2 Å². The molecule has 0 unspecified atom stereocenters. The van der Waals surface area contributed by atoms with Crippen molar-refractivity contribution < 1.29 is 0 Å². The van der Waals surface area contributed by atoms with Gasteiger partial charge in [-0.25, -0.2) is 0 Å². The Kier molecular flexibility index (Phi) is 2.66. The monoisotopic (exact) mass is 168 g/mol. The zero-order chi connectivity index (χ0) is 8.39. The summed E-state index contributed by atoms with van der Waals surface area (Å²) in [6.45, 7) is 8.90. The van der Waals surface area contributed by atoms with Gasteiger partial charge in [0.15, 0.2) is 0 Å². The second-order valence-corrected chi connectivity index (χ2v) is 4.40. The van der Waals surface area contributed by atoms with E-state index in [2.05, 4.69) is 17.1 Å². The summed E-state index contributed by atoms with van der Waals surface area (Å²) in [5.74, 6) is 1.81. The van der Waals surface area contributed by atoms with Crippen molar-refractivity contribution in [1.29, 1.82) is 0 Å². The molecule has 12 heavy (non-hydrogen) atoms. The van der Waals surface area contributed by atoms with Crippen molar-refractivity contribution in [2.45, 2.75) is 19.8 Å². The first-order chi connectivity index (χ1) is 5.86. The fraction of sp³-hybridized carbons (Fsp3) is 1.00. The van der Waals surface area contributed by atoms with E-state index >= 15 is 0 Å². The highest BCUT2D eigenvalue weighted by molar-refractivity contribution is 4.81. The molecule has 0 aromatic carbocycles. The number of hydrogen-bond donors (Lipinski definition) is 1. The Balaban J connectivity index is 1.77. The molecule has 0 aromatic heterocycles. The number of hydrogen-bond acceptors (Lipinski definition) is 2. The first-order valence-corrected chi connectivity index (χ1v) is 5.29. The first-order valence-electron chi connectivity index (χ1n) is 5.29. The molecule has 0 spiro atoms. The molecule has 0 bridgehead atoms. The predicted octanol–water partition coefficient (Wildman–Crippen LogP) is 0.938. The summed E-state index contributed by atoms with van der Waals surface area (Å²) in [5.41, 5.74) is 0. The van der Waals surface area contributed by atoms with E-state index in [4.69, 9.17) is 0 Å². The molecule has 2 atom stereocenters. The summed E-state index contributed by atoms with van der Waals surface area (Å²) in [5, 5.41) is 3.47. The van der Waals surface area contributed by atoms with Crippen LogP contribution in [0, 0.1) is 11.8 Å². The average Bonchev–Trinajstić information content (AvgIpc) is 2.65. The van der Waals surface area contributed by atoms with E-state index in [1.807, 2.05) is 0 Å². The third-order valence-corrected chi connectivity index (χ3v) is 3.37. The minimum absolute atomic E-state index is 0.894. The molecule has 2 aliphatic heterocycles. The third kappa shape index (κ3) is 1.80. The van der Waals surface area contributed by atoms with Gasteiger partial charge in [-0.15, -0.1) is 0 Å². The molecule has 2 aliphatic rings. The van der Waals surface area contributed by atoms with Crippen LogP contribution in [-0.2, 0) is 0 Å². The molecule has 2 saturated heterocycles. The molecular weight excluding hydrogens is 148 g/mol. The van der Waals surface area contributed by atoms with Gasteiger partial charge < -0.3 is 10.2 Å². The Morgan fingerprint density at radius 3 is 2.58 bits per heavy atom. The second kappa shape index (κ2) is 3.75. The lowest BCUT2D eigenvalue weighted by Crippen LogP contribution is -2.29. The van der Waals surface area contributed by atoms with Crippen molar-refractivity contribution in [3.05, 3.63) is 0 Å². The fourth-order valence-corrected chi connectivity index (χ4v) is 2.41. The molecule has 2 heteroatoms. The van der Waals surface area contributed by atoms with Crippen LogP contribution in [0.2, 0.25) is 0 Å². The Morgan fingerprint density at radius 2 is 2.00 bits per heavy atom. The van der Waals surface area contributed by atoms with Crippen molar-refractivity contribution in [2.24, 2.45) is 11.8 Å². The Morgan fingerprint density at radius 1 is 1.25 bits per heavy atom. The highest BCUT2D eigenvalue weighted by Gasteiger charge is 2.25. The SMILES string of the molecule is C[C@@H]1CNC[C@H]1CN1CCCC1. The Bertz CT molecular complexity index is 141. The van der Waals surface area contributed by atoms with Gasteiger partial charge in [-0.05, 0) is 50.9 Å². The maximum absolute atomic E-state index is 3.47. The quantitative estimate of drug-likeness (QED) is 0.660. The normalized spacial score (nSPS) is 37.8. The van der Waals surface area contributed by atoms with E-state index in [-0.39, 0.29) is 0 Å². The second-order valence-electron chi connectivity index (χ2n) is 4.40. The Labute approximate surface area is 75.3 Å². The number of likely N-dealkylation sites (tertiary alicyclic amines) is 1.